The maximum atomic E-state index is 12.5. The van der Waals surface area contributed by atoms with Crippen LogP contribution in [0, 0.1) is 13.8 Å². The summed E-state index contributed by atoms with van der Waals surface area (Å²) >= 11 is 1.80. The minimum Gasteiger partial charge on any atom is -0.331 e. The van der Waals surface area contributed by atoms with Crippen molar-refractivity contribution in [3.63, 3.8) is 0 Å². The molecule has 0 saturated carbocycles. The third-order valence-electron chi connectivity index (χ3n) is 4.99. The number of urea groups is 1. The monoisotopic (exact) mass is 321 g/mol. The first kappa shape index (κ1) is 15.8. The lowest BCUT2D eigenvalue weighted by Crippen LogP contribution is -2.42. The van der Waals surface area contributed by atoms with Crippen molar-refractivity contribution in [2.45, 2.75) is 52.1 Å². The topological polar surface area (TPSA) is 35.6 Å². The molecule has 0 aliphatic carbocycles. The number of amides is 2. The highest BCUT2D eigenvalue weighted by atomic mass is 32.1. The molecule has 122 valence electrons. The Hall–Kier alpha value is -1.07. The molecule has 1 aromatic heterocycles. The summed E-state index contributed by atoms with van der Waals surface area (Å²) < 4.78 is 0. The van der Waals surface area contributed by atoms with Gasteiger partial charge in [0.1, 0.15) is 0 Å². The molecule has 2 amide bonds. The van der Waals surface area contributed by atoms with Gasteiger partial charge in [0.15, 0.2) is 0 Å². The molecule has 2 aliphatic rings. The third kappa shape index (κ3) is 3.30. The van der Waals surface area contributed by atoms with E-state index in [1.54, 1.807) is 11.3 Å². The highest BCUT2D eigenvalue weighted by molar-refractivity contribution is 7.12. The minimum absolute atomic E-state index is 0.0864. The van der Waals surface area contributed by atoms with Crippen LogP contribution in [0.15, 0.2) is 6.07 Å². The lowest BCUT2D eigenvalue weighted by molar-refractivity contribution is 0.196. The molecule has 0 aromatic carbocycles. The van der Waals surface area contributed by atoms with E-state index in [-0.39, 0.29) is 12.1 Å². The van der Waals surface area contributed by atoms with Crippen LogP contribution in [-0.4, -0.2) is 48.1 Å². The molecular formula is C17H27N3OS. The Morgan fingerprint density at radius 1 is 1.32 bits per heavy atom. The van der Waals surface area contributed by atoms with E-state index in [2.05, 4.69) is 37.1 Å². The van der Waals surface area contributed by atoms with Crippen molar-refractivity contribution in [1.82, 2.24) is 15.1 Å². The molecule has 2 fully saturated rings. The summed E-state index contributed by atoms with van der Waals surface area (Å²) in [7, 11) is 0. The molecule has 2 atom stereocenters. The Kier molecular flexibility index (Phi) is 4.73. The second-order valence-electron chi connectivity index (χ2n) is 6.67. The summed E-state index contributed by atoms with van der Waals surface area (Å²) in [6, 6.07) is 2.96. The van der Waals surface area contributed by atoms with Crippen molar-refractivity contribution in [3.05, 3.63) is 21.4 Å². The second-order valence-corrected chi connectivity index (χ2v) is 8.13. The van der Waals surface area contributed by atoms with Crippen molar-refractivity contribution in [2.24, 2.45) is 0 Å². The molecule has 2 saturated heterocycles. The Labute approximate surface area is 137 Å². The van der Waals surface area contributed by atoms with Crippen molar-refractivity contribution in [2.75, 3.05) is 26.2 Å². The normalized spacial score (nSPS) is 24.0. The fraction of sp³-hybridized carbons (Fsp3) is 0.706. The van der Waals surface area contributed by atoms with Gasteiger partial charge in [0.2, 0.25) is 0 Å². The second kappa shape index (κ2) is 6.59. The fourth-order valence-electron chi connectivity index (χ4n) is 3.77. The Morgan fingerprint density at radius 3 is 2.68 bits per heavy atom. The molecule has 3 heterocycles. The summed E-state index contributed by atoms with van der Waals surface area (Å²) in [5, 5.41) is 3.18. The van der Waals surface area contributed by atoms with E-state index in [0.29, 0.717) is 6.04 Å². The lowest BCUT2D eigenvalue weighted by Gasteiger charge is -2.24. The van der Waals surface area contributed by atoms with E-state index in [1.165, 1.54) is 41.2 Å². The molecule has 5 heteroatoms. The van der Waals surface area contributed by atoms with Gasteiger partial charge in [-0.05, 0) is 64.8 Å². The van der Waals surface area contributed by atoms with E-state index >= 15 is 0 Å². The van der Waals surface area contributed by atoms with Gasteiger partial charge >= 0.3 is 6.03 Å². The van der Waals surface area contributed by atoms with Crippen molar-refractivity contribution >= 4 is 17.4 Å². The summed E-state index contributed by atoms with van der Waals surface area (Å²) in [5.74, 6) is 0. The Morgan fingerprint density at radius 2 is 2.05 bits per heavy atom. The summed E-state index contributed by atoms with van der Waals surface area (Å²) in [6.45, 7) is 10.5. The van der Waals surface area contributed by atoms with Gasteiger partial charge in [-0.1, -0.05) is 0 Å². The average Bonchev–Trinajstić information content (AvgIpc) is 3.17. The molecule has 1 aromatic rings. The van der Waals surface area contributed by atoms with Crippen LogP contribution in [0.5, 0.6) is 0 Å². The number of aryl methyl sites for hydroxylation is 2. The number of thiophene rings is 1. The van der Waals surface area contributed by atoms with Gasteiger partial charge in [0.25, 0.3) is 0 Å². The van der Waals surface area contributed by atoms with Crippen LogP contribution in [0.4, 0.5) is 4.79 Å². The average molecular weight is 321 g/mol. The van der Waals surface area contributed by atoms with Gasteiger partial charge < -0.3 is 10.2 Å². The summed E-state index contributed by atoms with van der Waals surface area (Å²) in [6.07, 6.45) is 3.76. The first-order chi connectivity index (χ1) is 10.5. The van der Waals surface area contributed by atoms with Gasteiger partial charge in [0, 0.05) is 28.9 Å². The largest absolute Gasteiger partial charge is 0.331 e. The van der Waals surface area contributed by atoms with Crippen LogP contribution in [-0.2, 0) is 0 Å². The van der Waals surface area contributed by atoms with Gasteiger partial charge in [0.05, 0.1) is 6.04 Å². The van der Waals surface area contributed by atoms with Crippen LogP contribution in [0.3, 0.4) is 0 Å². The number of nitrogens with one attached hydrogen (secondary N) is 1. The van der Waals surface area contributed by atoms with Crippen LogP contribution >= 0.6 is 11.3 Å². The van der Waals surface area contributed by atoms with E-state index in [9.17, 15) is 4.79 Å². The van der Waals surface area contributed by atoms with Gasteiger partial charge in [-0.3, -0.25) is 4.90 Å². The lowest BCUT2D eigenvalue weighted by atomic mass is 10.1. The molecule has 2 unspecified atom stereocenters. The van der Waals surface area contributed by atoms with E-state index < -0.39 is 0 Å². The van der Waals surface area contributed by atoms with E-state index in [4.69, 9.17) is 0 Å². The predicted molar refractivity (Wildman–Crippen MR) is 91.5 cm³/mol. The van der Waals surface area contributed by atoms with Gasteiger partial charge in [-0.2, -0.15) is 0 Å². The minimum atomic E-state index is 0.0864. The van der Waals surface area contributed by atoms with E-state index in [0.717, 1.165) is 19.5 Å². The molecule has 1 N–H and O–H groups in total. The SMILES string of the molecule is Cc1cc(C(C)NC(=O)N2CCC(N3CCCC3)C2)c(C)s1. The maximum absolute atomic E-state index is 12.5. The quantitative estimate of drug-likeness (QED) is 0.927. The smallest absolute Gasteiger partial charge is 0.317 e. The van der Waals surface area contributed by atoms with Crippen molar-refractivity contribution < 1.29 is 4.79 Å². The van der Waals surface area contributed by atoms with Crippen LogP contribution in [0.2, 0.25) is 0 Å². The molecule has 0 spiro atoms. The molecule has 3 rings (SSSR count). The summed E-state index contributed by atoms with van der Waals surface area (Å²) in [4.78, 5) is 19.7. The molecule has 2 aliphatic heterocycles. The van der Waals surface area contributed by atoms with Crippen LogP contribution in [0.25, 0.3) is 0 Å². The zero-order valence-electron chi connectivity index (χ0n) is 13.9. The molecular weight excluding hydrogens is 294 g/mol. The number of hydrogen-bond acceptors (Lipinski definition) is 3. The van der Waals surface area contributed by atoms with Crippen molar-refractivity contribution in [1.29, 1.82) is 0 Å². The molecule has 4 nitrogen and oxygen atoms in total. The fourth-order valence-corrected chi connectivity index (χ4v) is 4.79. The first-order valence-electron chi connectivity index (χ1n) is 8.41. The molecule has 0 bridgehead atoms. The van der Waals surface area contributed by atoms with Crippen molar-refractivity contribution in [3.8, 4) is 0 Å². The van der Waals surface area contributed by atoms with Crippen LogP contribution in [0.1, 0.15) is 47.5 Å². The Balaban J connectivity index is 1.55. The van der Waals surface area contributed by atoms with Gasteiger partial charge in [-0.25, -0.2) is 4.79 Å². The van der Waals surface area contributed by atoms with E-state index in [1.807, 2.05) is 4.90 Å². The summed E-state index contributed by atoms with van der Waals surface area (Å²) in [5.41, 5.74) is 1.26. The Bertz CT molecular complexity index is 536. The molecule has 22 heavy (non-hydrogen) atoms. The standard InChI is InChI=1S/C17H27N3OS/c1-12-10-16(14(3)22-12)13(2)18-17(21)20-9-6-15(11-20)19-7-4-5-8-19/h10,13,15H,4-9,11H2,1-3H3,(H,18,21). The zero-order chi connectivity index (χ0) is 15.7. The number of likely N-dealkylation sites (tertiary alicyclic amines) is 2. The number of rotatable bonds is 3. The highest BCUT2D eigenvalue weighted by Gasteiger charge is 2.32. The maximum Gasteiger partial charge on any atom is 0.317 e. The third-order valence-corrected chi connectivity index (χ3v) is 5.98. The van der Waals surface area contributed by atoms with Gasteiger partial charge in [-0.15, -0.1) is 11.3 Å². The first-order valence-corrected chi connectivity index (χ1v) is 9.22. The number of carbonyl (C=O) groups excluding carboxylic acids is 1. The number of hydrogen-bond donors (Lipinski definition) is 1. The molecule has 0 radical (unpaired) electrons. The zero-order valence-corrected chi connectivity index (χ0v) is 14.7. The predicted octanol–water partition coefficient (Wildman–Crippen LogP) is 3.31. The number of nitrogens with zero attached hydrogens (tertiary/aromatic N) is 2. The number of carbonyl (C=O) groups is 1. The highest BCUT2D eigenvalue weighted by Crippen LogP contribution is 2.27. The van der Waals surface area contributed by atoms with Crippen LogP contribution < -0.4 is 5.32 Å².